The van der Waals surface area contributed by atoms with Crippen LogP contribution in [0.3, 0.4) is 0 Å². The van der Waals surface area contributed by atoms with Crippen LogP contribution in [0.5, 0.6) is 0 Å². The number of rotatable bonds is 4. The molecule has 0 atom stereocenters. The molecular formula is C17H20N2O3. The normalized spacial score (nSPS) is 15.4. The zero-order valence-corrected chi connectivity index (χ0v) is 12.5. The van der Waals surface area contributed by atoms with Gasteiger partial charge in [0.2, 0.25) is 0 Å². The Hall–Kier alpha value is -2.35. The highest BCUT2D eigenvalue weighted by atomic mass is 16.5. The van der Waals surface area contributed by atoms with Crippen LogP contribution < -0.4 is 5.32 Å². The highest BCUT2D eigenvalue weighted by molar-refractivity contribution is 5.91. The van der Waals surface area contributed by atoms with Gasteiger partial charge in [-0.1, -0.05) is 49.9 Å². The fourth-order valence-electron chi connectivity index (χ4n) is 2.58. The molecule has 1 fully saturated rings. The maximum Gasteiger partial charge on any atom is 0.338 e. The van der Waals surface area contributed by atoms with Crippen LogP contribution in [0.4, 0.5) is 5.69 Å². The van der Waals surface area contributed by atoms with Crippen LogP contribution in [0.1, 0.15) is 48.9 Å². The van der Waals surface area contributed by atoms with E-state index in [1.165, 1.54) is 25.0 Å². The molecule has 1 saturated carbocycles. The van der Waals surface area contributed by atoms with Crippen LogP contribution in [-0.4, -0.2) is 24.5 Å². The third kappa shape index (κ3) is 4.88. The summed E-state index contributed by atoms with van der Waals surface area (Å²) in [5.74, 6) is -0.800. The second-order valence-corrected chi connectivity index (χ2v) is 5.49. The van der Waals surface area contributed by atoms with E-state index in [1.807, 2.05) is 0 Å². The number of carbonyl (C=O) groups is 2. The van der Waals surface area contributed by atoms with Crippen LogP contribution in [-0.2, 0) is 9.53 Å². The van der Waals surface area contributed by atoms with Gasteiger partial charge in [-0.05, 0) is 12.8 Å². The molecule has 1 aliphatic rings. The Labute approximate surface area is 130 Å². The molecule has 0 aromatic heterocycles. The van der Waals surface area contributed by atoms with Crippen molar-refractivity contribution in [3.63, 3.8) is 0 Å². The summed E-state index contributed by atoms with van der Waals surface area (Å²) in [6.45, 7) is 6.59. The maximum atomic E-state index is 11.8. The van der Waals surface area contributed by atoms with Crippen molar-refractivity contribution in [2.24, 2.45) is 0 Å². The quantitative estimate of drug-likeness (QED) is 0.527. The number of nitrogens with zero attached hydrogens (tertiary/aromatic N) is 1. The predicted molar refractivity (Wildman–Crippen MR) is 82.6 cm³/mol. The van der Waals surface area contributed by atoms with Crippen molar-refractivity contribution in [3.05, 3.63) is 41.2 Å². The Balaban J connectivity index is 1.77. The molecule has 5 heteroatoms. The molecule has 116 valence electrons. The van der Waals surface area contributed by atoms with Crippen LogP contribution in [0, 0.1) is 6.57 Å². The molecule has 1 amide bonds. The van der Waals surface area contributed by atoms with Gasteiger partial charge in [0.25, 0.3) is 5.91 Å². The van der Waals surface area contributed by atoms with Crippen LogP contribution in [0.25, 0.3) is 4.85 Å². The summed E-state index contributed by atoms with van der Waals surface area (Å²) in [5.41, 5.74) is 0.803. The van der Waals surface area contributed by atoms with E-state index in [4.69, 9.17) is 11.3 Å². The molecule has 0 heterocycles. The molecule has 0 bridgehead atoms. The first kappa shape index (κ1) is 16.0. The van der Waals surface area contributed by atoms with Gasteiger partial charge in [0.1, 0.15) is 0 Å². The molecule has 0 radical (unpaired) electrons. The van der Waals surface area contributed by atoms with E-state index in [-0.39, 0.29) is 18.6 Å². The topological polar surface area (TPSA) is 59.8 Å². The van der Waals surface area contributed by atoms with Gasteiger partial charge in [-0.3, -0.25) is 4.79 Å². The molecule has 2 rings (SSSR count). The molecular weight excluding hydrogens is 280 g/mol. The minimum Gasteiger partial charge on any atom is -0.452 e. The fraction of sp³-hybridized carbons (Fsp3) is 0.471. The third-order valence-electron chi connectivity index (χ3n) is 3.79. The number of ether oxygens (including phenoxy) is 1. The van der Waals surface area contributed by atoms with Crippen LogP contribution >= 0.6 is 0 Å². The summed E-state index contributed by atoms with van der Waals surface area (Å²) < 4.78 is 5.01. The summed E-state index contributed by atoms with van der Waals surface area (Å²) in [5, 5.41) is 2.93. The minimum absolute atomic E-state index is 0.201. The van der Waals surface area contributed by atoms with Crippen molar-refractivity contribution < 1.29 is 14.3 Å². The van der Waals surface area contributed by atoms with Gasteiger partial charge in [0.15, 0.2) is 12.3 Å². The highest BCUT2D eigenvalue weighted by Crippen LogP contribution is 2.17. The summed E-state index contributed by atoms with van der Waals surface area (Å²) >= 11 is 0. The average Bonchev–Trinajstić information content (AvgIpc) is 2.81. The smallest absolute Gasteiger partial charge is 0.338 e. The molecule has 1 aromatic rings. The Morgan fingerprint density at radius 3 is 2.36 bits per heavy atom. The van der Waals surface area contributed by atoms with E-state index < -0.39 is 5.97 Å². The number of nitrogens with one attached hydrogen (secondary N) is 1. The Morgan fingerprint density at radius 1 is 1.14 bits per heavy atom. The molecule has 1 N–H and O–H groups in total. The molecule has 5 nitrogen and oxygen atoms in total. The number of carbonyl (C=O) groups excluding carboxylic acids is 2. The number of esters is 1. The van der Waals surface area contributed by atoms with E-state index in [0.717, 1.165) is 25.7 Å². The van der Waals surface area contributed by atoms with Crippen molar-refractivity contribution in [3.8, 4) is 0 Å². The summed E-state index contributed by atoms with van der Waals surface area (Å²) in [4.78, 5) is 26.9. The van der Waals surface area contributed by atoms with Crippen molar-refractivity contribution in [1.82, 2.24) is 5.32 Å². The Kier molecular flexibility index (Phi) is 5.96. The molecule has 0 aliphatic heterocycles. The molecule has 0 unspecified atom stereocenters. The number of hydrogen-bond acceptors (Lipinski definition) is 3. The van der Waals surface area contributed by atoms with Crippen molar-refractivity contribution >= 4 is 17.6 Å². The van der Waals surface area contributed by atoms with E-state index in [2.05, 4.69) is 10.2 Å². The van der Waals surface area contributed by atoms with E-state index in [0.29, 0.717) is 11.3 Å². The lowest BCUT2D eigenvalue weighted by Gasteiger charge is -2.16. The van der Waals surface area contributed by atoms with Gasteiger partial charge in [0.05, 0.1) is 12.1 Å². The maximum absolute atomic E-state index is 11.8. The molecule has 0 saturated heterocycles. The van der Waals surface area contributed by atoms with Crippen LogP contribution in [0.15, 0.2) is 24.3 Å². The zero-order valence-electron chi connectivity index (χ0n) is 12.5. The number of benzene rings is 1. The first-order valence-corrected chi connectivity index (χ1v) is 7.63. The standard InChI is InChI=1S/C17H20N2O3/c1-18-14-10-8-13(9-11-14)17(21)22-12-16(20)19-15-6-4-2-3-5-7-15/h8-11,15H,2-7,12H2,(H,19,20). The number of amides is 1. The van der Waals surface area contributed by atoms with Gasteiger partial charge in [-0.15, -0.1) is 0 Å². The van der Waals surface area contributed by atoms with E-state index in [1.54, 1.807) is 12.1 Å². The van der Waals surface area contributed by atoms with Crippen LogP contribution in [0.2, 0.25) is 0 Å². The number of hydrogen-bond donors (Lipinski definition) is 1. The molecule has 1 aromatic carbocycles. The zero-order chi connectivity index (χ0) is 15.8. The molecule has 1 aliphatic carbocycles. The predicted octanol–water partition coefficient (Wildman–Crippen LogP) is 3.23. The lowest BCUT2D eigenvalue weighted by molar-refractivity contribution is -0.125. The van der Waals surface area contributed by atoms with Gasteiger partial charge in [-0.25, -0.2) is 9.64 Å². The largest absolute Gasteiger partial charge is 0.452 e. The second-order valence-electron chi connectivity index (χ2n) is 5.49. The summed E-state index contributed by atoms with van der Waals surface area (Å²) in [6, 6.07) is 6.36. The van der Waals surface area contributed by atoms with Gasteiger partial charge in [0, 0.05) is 6.04 Å². The Bertz CT molecular complexity index is 552. The van der Waals surface area contributed by atoms with E-state index in [9.17, 15) is 9.59 Å². The lowest BCUT2D eigenvalue weighted by atomic mass is 10.1. The fourth-order valence-corrected chi connectivity index (χ4v) is 2.58. The van der Waals surface area contributed by atoms with Crippen molar-refractivity contribution in [2.45, 2.75) is 44.6 Å². The monoisotopic (exact) mass is 300 g/mol. The SMILES string of the molecule is [C-]#[N+]c1ccc(C(=O)OCC(=O)NC2CCCCCC2)cc1. The lowest BCUT2D eigenvalue weighted by Crippen LogP contribution is -2.37. The third-order valence-corrected chi connectivity index (χ3v) is 3.79. The van der Waals surface area contributed by atoms with Crippen molar-refractivity contribution in [2.75, 3.05) is 6.61 Å². The minimum atomic E-state index is -0.549. The van der Waals surface area contributed by atoms with Gasteiger partial charge >= 0.3 is 5.97 Å². The van der Waals surface area contributed by atoms with Gasteiger partial charge in [-0.2, -0.15) is 0 Å². The average molecular weight is 300 g/mol. The first-order valence-electron chi connectivity index (χ1n) is 7.63. The van der Waals surface area contributed by atoms with E-state index >= 15 is 0 Å². The first-order chi connectivity index (χ1) is 10.7. The molecule has 0 spiro atoms. The summed E-state index contributed by atoms with van der Waals surface area (Å²) in [6.07, 6.45) is 6.72. The van der Waals surface area contributed by atoms with Crippen molar-refractivity contribution in [1.29, 1.82) is 0 Å². The summed E-state index contributed by atoms with van der Waals surface area (Å²) in [7, 11) is 0. The Morgan fingerprint density at radius 2 is 1.77 bits per heavy atom. The highest BCUT2D eigenvalue weighted by Gasteiger charge is 2.16. The second kappa shape index (κ2) is 8.18. The van der Waals surface area contributed by atoms with Gasteiger partial charge < -0.3 is 10.1 Å². The molecule has 22 heavy (non-hydrogen) atoms.